The molecule has 6 heteroatoms. The largest absolute Gasteiger partial charge is 0.465 e. The van der Waals surface area contributed by atoms with E-state index in [1.807, 2.05) is 54.6 Å². The standard InChI is InChI=1S/C29H29N3O3/c33-28(35-22-9-10-24-23-6-2-4-8-26(23)31-27(24)18-22)11-14-32-15-12-29(34,13-16-32)21-17-20-5-1-3-7-25(20)30-19-21/h1-10,17-19,28,31,33-34H,11-16H2. The van der Waals surface area contributed by atoms with Crippen LogP contribution in [-0.2, 0) is 5.60 Å². The van der Waals surface area contributed by atoms with Crippen molar-refractivity contribution in [3.05, 3.63) is 84.6 Å². The Kier molecular flexibility index (Phi) is 5.65. The van der Waals surface area contributed by atoms with Crippen LogP contribution in [0.3, 0.4) is 0 Å². The number of nitrogens with zero attached hydrogens (tertiary/aromatic N) is 2. The predicted octanol–water partition coefficient (Wildman–Crippen LogP) is 4.94. The summed E-state index contributed by atoms with van der Waals surface area (Å²) in [4.78, 5) is 10.2. The van der Waals surface area contributed by atoms with Gasteiger partial charge in [-0.05, 0) is 43.2 Å². The van der Waals surface area contributed by atoms with Crippen molar-refractivity contribution in [1.82, 2.24) is 14.9 Å². The average Bonchev–Trinajstić information content (AvgIpc) is 3.26. The van der Waals surface area contributed by atoms with E-state index in [4.69, 9.17) is 4.74 Å². The maximum absolute atomic E-state index is 11.3. The molecule has 0 bridgehead atoms. The number of aliphatic hydroxyl groups excluding tert-OH is 1. The first-order valence-corrected chi connectivity index (χ1v) is 12.2. The monoisotopic (exact) mass is 467 g/mol. The molecule has 1 atom stereocenters. The third-order valence-corrected chi connectivity index (χ3v) is 7.25. The number of ether oxygens (including phenoxy) is 1. The van der Waals surface area contributed by atoms with Crippen LogP contribution in [0.25, 0.3) is 32.7 Å². The van der Waals surface area contributed by atoms with Gasteiger partial charge in [-0.25, -0.2) is 0 Å². The zero-order chi connectivity index (χ0) is 23.8. The number of benzene rings is 3. The summed E-state index contributed by atoms with van der Waals surface area (Å²) in [5.74, 6) is 0.647. The van der Waals surface area contributed by atoms with Crippen LogP contribution in [0.15, 0.2) is 79.0 Å². The molecule has 0 radical (unpaired) electrons. The second kappa shape index (κ2) is 8.96. The molecule has 1 aliphatic heterocycles. The van der Waals surface area contributed by atoms with Crippen molar-refractivity contribution >= 4 is 32.7 Å². The highest BCUT2D eigenvalue weighted by atomic mass is 16.6. The van der Waals surface area contributed by atoms with Gasteiger partial charge in [0.15, 0.2) is 6.29 Å². The molecule has 1 unspecified atom stereocenters. The number of piperidine rings is 1. The van der Waals surface area contributed by atoms with Gasteiger partial charge in [0.1, 0.15) is 5.75 Å². The average molecular weight is 468 g/mol. The normalized spacial score (nSPS) is 17.2. The summed E-state index contributed by atoms with van der Waals surface area (Å²) in [6.45, 7) is 2.23. The first-order valence-electron chi connectivity index (χ1n) is 12.2. The Morgan fingerprint density at radius 3 is 2.60 bits per heavy atom. The third kappa shape index (κ3) is 4.36. The minimum absolute atomic E-state index is 0.501. The fraction of sp³-hybridized carbons (Fsp3) is 0.276. The molecule has 6 rings (SSSR count). The minimum atomic E-state index is -0.887. The number of pyridine rings is 1. The molecule has 0 saturated carbocycles. The van der Waals surface area contributed by atoms with Crippen LogP contribution in [0.4, 0.5) is 0 Å². The van der Waals surface area contributed by atoms with E-state index in [-0.39, 0.29) is 0 Å². The number of likely N-dealkylation sites (tertiary alicyclic amines) is 1. The van der Waals surface area contributed by atoms with Crippen LogP contribution in [0.1, 0.15) is 24.8 Å². The van der Waals surface area contributed by atoms with E-state index in [2.05, 4.69) is 33.1 Å². The lowest BCUT2D eigenvalue weighted by molar-refractivity contribution is -0.0476. The number of rotatable bonds is 6. The summed E-state index contributed by atoms with van der Waals surface area (Å²) in [6.07, 6.45) is 2.70. The van der Waals surface area contributed by atoms with Crippen molar-refractivity contribution in [3.8, 4) is 5.75 Å². The van der Waals surface area contributed by atoms with E-state index >= 15 is 0 Å². The first kappa shape index (κ1) is 22.0. The molecular formula is C29H29N3O3. The molecule has 1 aliphatic rings. The summed E-state index contributed by atoms with van der Waals surface area (Å²) in [5.41, 5.74) is 3.04. The number of fused-ring (bicyclic) bond motifs is 4. The first-order chi connectivity index (χ1) is 17.1. The van der Waals surface area contributed by atoms with Crippen molar-refractivity contribution in [1.29, 1.82) is 0 Å². The Morgan fingerprint density at radius 1 is 0.943 bits per heavy atom. The summed E-state index contributed by atoms with van der Waals surface area (Å²) in [5, 5.41) is 25.2. The molecule has 5 aromatic rings. The van der Waals surface area contributed by atoms with E-state index in [1.54, 1.807) is 6.20 Å². The lowest BCUT2D eigenvalue weighted by atomic mass is 9.85. The molecule has 0 spiro atoms. The molecule has 0 aliphatic carbocycles. The van der Waals surface area contributed by atoms with Gasteiger partial charge in [0.25, 0.3) is 0 Å². The van der Waals surface area contributed by atoms with Gasteiger partial charge < -0.3 is 24.8 Å². The predicted molar refractivity (Wildman–Crippen MR) is 138 cm³/mol. The van der Waals surface area contributed by atoms with Crippen LogP contribution in [0.5, 0.6) is 5.75 Å². The fourth-order valence-corrected chi connectivity index (χ4v) is 5.18. The van der Waals surface area contributed by atoms with Crippen molar-refractivity contribution < 1.29 is 14.9 Å². The van der Waals surface area contributed by atoms with E-state index in [9.17, 15) is 10.2 Å². The lowest BCUT2D eigenvalue weighted by Crippen LogP contribution is -2.43. The number of nitrogens with one attached hydrogen (secondary N) is 1. The van der Waals surface area contributed by atoms with Gasteiger partial charge in [-0.3, -0.25) is 4.98 Å². The summed E-state index contributed by atoms with van der Waals surface area (Å²) < 4.78 is 5.81. The molecule has 0 amide bonds. The van der Waals surface area contributed by atoms with Crippen LogP contribution in [-0.4, -0.2) is 51.0 Å². The van der Waals surface area contributed by atoms with Gasteiger partial charge in [0.2, 0.25) is 0 Å². The summed E-state index contributed by atoms with van der Waals surface area (Å²) >= 11 is 0. The number of para-hydroxylation sites is 2. The van der Waals surface area contributed by atoms with Gasteiger partial charge in [-0.1, -0.05) is 36.4 Å². The Balaban J connectivity index is 1.04. The number of aliphatic hydroxyl groups is 2. The Labute approximate surface area is 203 Å². The van der Waals surface area contributed by atoms with Gasteiger partial charge in [-0.15, -0.1) is 0 Å². The van der Waals surface area contributed by atoms with Gasteiger partial charge in [0.05, 0.1) is 16.6 Å². The van der Waals surface area contributed by atoms with E-state index in [0.29, 0.717) is 31.6 Å². The lowest BCUT2D eigenvalue weighted by Gasteiger charge is -2.38. The fourth-order valence-electron chi connectivity index (χ4n) is 5.18. The molecule has 3 aromatic carbocycles. The highest BCUT2D eigenvalue weighted by Gasteiger charge is 2.34. The molecule has 6 nitrogen and oxygen atoms in total. The zero-order valence-electron chi connectivity index (χ0n) is 19.5. The van der Waals surface area contributed by atoms with Crippen molar-refractivity contribution in [2.24, 2.45) is 0 Å². The maximum Gasteiger partial charge on any atom is 0.198 e. The van der Waals surface area contributed by atoms with Gasteiger partial charge >= 0.3 is 0 Å². The van der Waals surface area contributed by atoms with Crippen molar-refractivity contribution in [2.45, 2.75) is 31.2 Å². The third-order valence-electron chi connectivity index (χ3n) is 7.25. The Bertz CT molecular complexity index is 1490. The van der Waals surface area contributed by atoms with Crippen LogP contribution in [0.2, 0.25) is 0 Å². The molecule has 1 fully saturated rings. The topological polar surface area (TPSA) is 81.6 Å². The maximum atomic E-state index is 11.3. The van der Waals surface area contributed by atoms with Crippen molar-refractivity contribution in [2.75, 3.05) is 19.6 Å². The number of hydrogen-bond acceptors (Lipinski definition) is 5. The smallest absolute Gasteiger partial charge is 0.198 e. The number of aromatic nitrogens is 2. The summed E-state index contributed by atoms with van der Waals surface area (Å²) in [7, 11) is 0. The van der Waals surface area contributed by atoms with Crippen LogP contribution in [0, 0.1) is 0 Å². The summed E-state index contributed by atoms with van der Waals surface area (Å²) in [6, 6.07) is 24.1. The zero-order valence-corrected chi connectivity index (χ0v) is 19.5. The molecule has 35 heavy (non-hydrogen) atoms. The van der Waals surface area contributed by atoms with E-state index < -0.39 is 11.9 Å². The van der Waals surface area contributed by atoms with Gasteiger partial charge in [-0.2, -0.15) is 0 Å². The van der Waals surface area contributed by atoms with Crippen molar-refractivity contribution in [3.63, 3.8) is 0 Å². The number of hydrogen-bond donors (Lipinski definition) is 3. The van der Waals surface area contributed by atoms with Crippen LogP contribution >= 0.6 is 0 Å². The minimum Gasteiger partial charge on any atom is -0.465 e. The molecule has 1 saturated heterocycles. The second-order valence-electron chi connectivity index (χ2n) is 9.53. The number of H-pyrrole nitrogens is 1. The second-order valence-corrected chi connectivity index (χ2v) is 9.53. The highest BCUT2D eigenvalue weighted by Crippen LogP contribution is 2.34. The number of aromatic amines is 1. The molecular weight excluding hydrogens is 438 g/mol. The Morgan fingerprint density at radius 2 is 1.71 bits per heavy atom. The molecule has 3 N–H and O–H groups in total. The molecule has 2 aromatic heterocycles. The SMILES string of the molecule is OC(CCN1CCC(O)(c2cnc3ccccc3c2)CC1)Oc1ccc2c(c1)[nH]c1ccccc12. The van der Waals surface area contributed by atoms with E-state index in [0.717, 1.165) is 46.0 Å². The quantitative estimate of drug-likeness (QED) is 0.308. The molecule has 178 valence electrons. The highest BCUT2D eigenvalue weighted by molar-refractivity contribution is 6.07. The Hall–Kier alpha value is -3.45. The van der Waals surface area contributed by atoms with Crippen LogP contribution < -0.4 is 4.74 Å². The van der Waals surface area contributed by atoms with Gasteiger partial charge in [0, 0.05) is 65.6 Å². The molecule has 3 heterocycles. The van der Waals surface area contributed by atoms with E-state index in [1.165, 1.54) is 5.39 Å².